The van der Waals surface area contributed by atoms with E-state index in [2.05, 4.69) is 10.2 Å². The number of hydrogen-bond acceptors (Lipinski definition) is 5. The Morgan fingerprint density at radius 1 is 1.07 bits per heavy atom. The number of halogens is 2. The number of nitrogens with zero attached hydrogens (tertiary/aromatic N) is 3. The largest absolute Gasteiger partial charge is 0.376 e. The Bertz CT molecular complexity index is 984. The van der Waals surface area contributed by atoms with Crippen molar-refractivity contribution in [2.45, 2.75) is 30.6 Å². The minimum atomic E-state index is -0.380. The standard InChI is InChI=1S/C21H19F2N3O2S/c22-16-7-3-14(4-8-16)19(27)13-29-21-25-24-20(15-5-9-17(23)10-6-15)26(21)12-18-2-1-11-28-18/h3-10,18H,1-2,11-13H2. The molecule has 4 rings (SSSR count). The number of ether oxygens (including phenoxy) is 1. The van der Waals surface area contributed by atoms with Gasteiger partial charge in [0.25, 0.3) is 0 Å². The van der Waals surface area contributed by atoms with Gasteiger partial charge in [-0.3, -0.25) is 9.36 Å². The summed E-state index contributed by atoms with van der Waals surface area (Å²) in [6, 6.07) is 11.6. The number of thioether (sulfide) groups is 1. The molecule has 150 valence electrons. The van der Waals surface area contributed by atoms with Gasteiger partial charge in [-0.05, 0) is 61.4 Å². The topological polar surface area (TPSA) is 57.0 Å². The van der Waals surface area contributed by atoms with Crippen molar-refractivity contribution < 1.29 is 18.3 Å². The van der Waals surface area contributed by atoms with E-state index in [1.54, 1.807) is 12.1 Å². The predicted molar refractivity (Wildman–Crippen MR) is 106 cm³/mol. The van der Waals surface area contributed by atoms with Gasteiger partial charge in [0.05, 0.1) is 18.4 Å². The summed E-state index contributed by atoms with van der Waals surface area (Å²) >= 11 is 1.27. The molecule has 2 heterocycles. The molecule has 0 bridgehead atoms. The lowest BCUT2D eigenvalue weighted by molar-refractivity contribution is 0.0953. The van der Waals surface area contributed by atoms with E-state index < -0.39 is 0 Å². The highest BCUT2D eigenvalue weighted by Crippen LogP contribution is 2.27. The molecule has 29 heavy (non-hydrogen) atoms. The van der Waals surface area contributed by atoms with E-state index in [4.69, 9.17) is 4.74 Å². The van der Waals surface area contributed by atoms with Gasteiger partial charge < -0.3 is 4.74 Å². The van der Waals surface area contributed by atoms with Crippen molar-refractivity contribution in [1.82, 2.24) is 14.8 Å². The summed E-state index contributed by atoms with van der Waals surface area (Å²) in [5.41, 5.74) is 1.19. The minimum absolute atomic E-state index is 0.0531. The Hall–Kier alpha value is -2.58. The number of ketones is 1. The van der Waals surface area contributed by atoms with Crippen LogP contribution in [0.3, 0.4) is 0 Å². The van der Waals surface area contributed by atoms with Gasteiger partial charge >= 0.3 is 0 Å². The Balaban J connectivity index is 1.55. The first-order valence-corrected chi connectivity index (χ1v) is 10.3. The Labute approximate surface area is 171 Å². The molecule has 3 aromatic rings. The fourth-order valence-electron chi connectivity index (χ4n) is 3.21. The van der Waals surface area contributed by atoms with Crippen LogP contribution in [-0.4, -0.2) is 39.0 Å². The maximum absolute atomic E-state index is 13.3. The van der Waals surface area contributed by atoms with Gasteiger partial charge in [0.2, 0.25) is 0 Å². The van der Waals surface area contributed by atoms with Gasteiger partial charge in [0.1, 0.15) is 11.6 Å². The third-order valence-electron chi connectivity index (χ3n) is 4.73. The van der Waals surface area contributed by atoms with Crippen molar-refractivity contribution in [3.63, 3.8) is 0 Å². The average Bonchev–Trinajstić information content (AvgIpc) is 3.38. The van der Waals surface area contributed by atoms with Crippen LogP contribution in [-0.2, 0) is 11.3 Å². The summed E-state index contributed by atoms with van der Waals surface area (Å²) in [6.07, 6.45) is 2.00. The predicted octanol–water partition coefficient (Wildman–Crippen LogP) is 4.38. The Morgan fingerprint density at radius 3 is 2.41 bits per heavy atom. The fraction of sp³-hybridized carbons (Fsp3) is 0.286. The lowest BCUT2D eigenvalue weighted by Crippen LogP contribution is -2.17. The first-order valence-electron chi connectivity index (χ1n) is 9.32. The zero-order valence-electron chi connectivity index (χ0n) is 15.6. The van der Waals surface area contributed by atoms with Gasteiger partial charge in [-0.1, -0.05) is 11.8 Å². The fourth-order valence-corrected chi connectivity index (χ4v) is 4.06. The zero-order valence-corrected chi connectivity index (χ0v) is 16.4. The molecule has 0 spiro atoms. The summed E-state index contributed by atoms with van der Waals surface area (Å²) < 4.78 is 34.0. The van der Waals surface area contributed by atoms with Crippen LogP contribution in [0.4, 0.5) is 8.78 Å². The molecule has 1 fully saturated rings. The first-order chi connectivity index (χ1) is 14.1. The van der Waals surface area contributed by atoms with Crippen LogP contribution in [0.5, 0.6) is 0 Å². The molecule has 0 amide bonds. The molecule has 0 saturated carbocycles. The van der Waals surface area contributed by atoms with E-state index in [1.165, 1.54) is 48.2 Å². The number of hydrogen-bond donors (Lipinski definition) is 0. The molecule has 0 radical (unpaired) electrons. The summed E-state index contributed by atoms with van der Waals surface area (Å²) in [5.74, 6) is -0.0614. The second kappa shape index (κ2) is 8.84. The number of carbonyl (C=O) groups excluding carboxylic acids is 1. The highest BCUT2D eigenvalue weighted by Gasteiger charge is 2.22. The van der Waals surface area contributed by atoms with E-state index in [0.29, 0.717) is 23.1 Å². The van der Waals surface area contributed by atoms with Crippen LogP contribution in [0, 0.1) is 11.6 Å². The lowest BCUT2D eigenvalue weighted by atomic mass is 10.1. The third-order valence-corrected chi connectivity index (χ3v) is 5.69. The van der Waals surface area contributed by atoms with Crippen LogP contribution in [0.2, 0.25) is 0 Å². The van der Waals surface area contributed by atoms with Crippen molar-refractivity contribution in [3.8, 4) is 11.4 Å². The minimum Gasteiger partial charge on any atom is -0.376 e. The van der Waals surface area contributed by atoms with E-state index in [-0.39, 0.29) is 29.3 Å². The Morgan fingerprint density at radius 2 is 1.76 bits per heavy atom. The van der Waals surface area contributed by atoms with E-state index in [0.717, 1.165) is 25.0 Å². The highest BCUT2D eigenvalue weighted by molar-refractivity contribution is 7.99. The van der Waals surface area contributed by atoms with E-state index >= 15 is 0 Å². The molecule has 1 unspecified atom stereocenters. The molecule has 1 atom stereocenters. The molecule has 1 saturated heterocycles. The molecule has 5 nitrogen and oxygen atoms in total. The van der Waals surface area contributed by atoms with Gasteiger partial charge in [-0.15, -0.1) is 10.2 Å². The number of aromatic nitrogens is 3. The van der Waals surface area contributed by atoms with Crippen LogP contribution in [0.15, 0.2) is 53.7 Å². The molecule has 1 aliphatic heterocycles. The zero-order chi connectivity index (χ0) is 20.2. The quantitative estimate of drug-likeness (QED) is 0.424. The molecule has 0 N–H and O–H groups in total. The third kappa shape index (κ3) is 4.71. The second-order valence-electron chi connectivity index (χ2n) is 6.78. The maximum Gasteiger partial charge on any atom is 0.192 e. The van der Waals surface area contributed by atoms with Crippen molar-refractivity contribution in [2.24, 2.45) is 0 Å². The van der Waals surface area contributed by atoms with Gasteiger partial charge in [0, 0.05) is 17.7 Å². The second-order valence-corrected chi connectivity index (χ2v) is 7.72. The number of benzene rings is 2. The number of rotatable bonds is 7. The van der Waals surface area contributed by atoms with Crippen LogP contribution >= 0.6 is 11.8 Å². The lowest BCUT2D eigenvalue weighted by Gasteiger charge is -2.14. The monoisotopic (exact) mass is 415 g/mol. The smallest absolute Gasteiger partial charge is 0.192 e. The normalized spacial score (nSPS) is 16.3. The van der Waals surface area contributed by atoms with Crippen molar-refractivity contribution in [3.05, 3.63) is 65.7 Å². The molecule has 8 heteroatoms. The molecule has 0 aliphatic carbocycles. The molecular weight excluding hydrogens is 396 g/mol. The summed E-state index contributed by atoms with van der Waals surface area (Å²) in [4.78, 5) is 12.4. The van der Waals surface area contributed by atoms with Crippen molar-refractivity contribution in [1.29, 1.82) is 0 Å². The summed E-state index contributed by atoms with van der Waals surface area (Å²) in [6.45, 7) is 1.29. The van der Waals surface area contributed by atoms with Crippen LogP contribution in [0.1, 0.15) is 23.2 Å². The highest BCUT2D eigenvalue weighted by atomic mass is 32.2. The molecule has 2 aromatic carbocycles. The van der Waals surface area contributed by atoms with Crippen LogP contribution < -0.4 is 0 Å². The van der Waals surface area contributed by atoms with E-state index in [1.807, 2.05) is 4.57 Å². The van der Waals surface area contributed by atoms with Crippen LogP contribution in [0.25, 0.3) is 11.4 Å². The first kappa shape index (κ1) is 19.7. The number of Topliss-reactive ketones (excluding diaryl/α,β-unsaturated/α-hetero) is 1. The summed E-state index contributed by atoms with van der Waals surface area (Å²) in [7, 11) is 0. The number of carbonyl (C=O) groups is 1. The van der Waals surface area contributed by atoms with Gasteiger partial charge in [-0.25, -0.2) is 8.78 Å². The summed E-state index contributed by atoms with van der Waals surface area (Å²) in [5, 5.41) is 9.12. The van der Waals surface area contributed by atoms with Gasteiger partial charge in [0.15, 0.2) is 16.8 Å². The average molecular weight is 415 g/mol. The maximum atomic E-state index is 13.3. The molecular formula is C21H19F2N3O2S. The SMILES string of the molecule is O=C(CSc1nnc(-c2ccc(F)cc2)n1CC1CCCO1)c1ccc(F)cc1. The van der Waals surface area contributed by atoms with Gasteiger partial charge in [-0.2, -0.15) is 0 Å². The van der Waals surface area contributed by atoms with Crippen molar-refractivity contribution in [2.75, 3.05) is 12.4 Å². The Kier molecular flexibility index (Phi) is 6.01. The molecule has 1 aliphatic rings. The van der Waals surface area contributed by atoms with Crippen molar-refractivity contribution >= 4 is 17.5 Å². The van der Waals surface area contributed by atoms with E-state index in [9.17, 15) is 13.6 Å². The molecule has 1 aromatic heterocycles.